The van der Waals surface area contributed by atoms with Crippen LogP contribution in [0.15, 0.2) is 30.5 Å². The molecule has 90 valence electrons. The van der Waals surface area contributed by atoms with E-state index in [2.05, 4.69) is 0 Å². The Morgan fingerprint density at radius 1 is 1.29 bits per heavy atom. The van der Waals surface area contributed by atoms with Gasteiger partial charge in [0.25, 0.3) is 0 Å². The Bertz CT molecular complexity index is 530. The molecule has 17 heavy (non-hydrogen) atoms. The third-order valence-corrected chi connectivity index (χ3v) is 2.81. The lowest BCUT2D eigenvalue weighted by molar-refractivity contribution is -0.137. The Kier molecular flexibility index (Phi) is 3.44. The minimum Gasteiger partial charge on any atom is -0.481 e. The van der Waals surface area contributed by atoms with Crippen molar-refractivity contribution in [1.82, 2.24) is 4.57 Å². The zero-order valence-corrected chi connectivity index (χ0v) is 9.47. The molecular formula is C13H15NO3. The molecule has 1 heterocycles. The Hall–Kier alpha value is -1.81. The maximum absolute atomic E-state index is 10.4. The summed E-state index contributed by atoms with van der Waals surface area (Å²) < 4.78 is 2.03. The van der Waals surface area contributed by atoms with Crippen LogP contribution in [0.4, 0.5) is 0 Å². The number of fused-ring (bicyclic) bond motifs is 1. The Morgan fingerprint density at radius 2 is 2.12 bits per heavy atom. The first-order valence-corrected chi connectivity index (χ1v) is 5.61. The Labute approximate surface area is 99.1 Å². The van der Waals surface area contributed by atoms with Crippen LogP contribution in [0.25, 0.3) is 10.9 Å². The van der Waals surface area contributed by atoms with Gasteiger partial charge in [0.2, 0.25) is 0 Å². The van der Waals surface area contributed by atoms with Crippen molar-refractivity contribution in [3.05, 3.63) is 36.0 Å². The van der Waals surface area contributed by atoms with Crippen molar-refractivity contribution in [2.45, 2.75) is 26.0 Å². The van der Waals surface area contributed by atoms with Gasteiger partial charge in [0.15, 0.2) is 0 Å². The van der Waals surface area contributed by atoms with Crippen molar-refractivity contribution < 1.29 is 15.0 Å². The predicted octanol–water partition coefficient (Wildman–Crippen LogP) is 2.00. The van der Waals surface area contributed by atoms with Gasteiger partial charge in [-0.2, -0.15) is 0 Å². The molecule has 0 spiro atoms. The summed E-state index contributed by atoms with van der Waals surface area (Å²) in [6, 6.07) is 7.80. The summed E-state index contributed by atoms with van der Waals surface area (Å²) in [5, 5.41) is 18.8. The van der Waals surface area contributed by atoms with E-state index < -0.39 is 5.97 Å². The van der Waals surface area contributed by atoms with Crippen molar-refractivity contribution in [2.75, 3.05) is 0 Å². The third kappa shape index (κ3) is 2.65. The summed E-state index contributed by atoms with van der Waals surface area (Å²) in [7, 11) is 0. The van der Waals surface area contributed by atoms with E-state index in [4.69, 9.17) is 10.2 Å². The fourth-order valence-electron chi connectivity index (χ4n) is 1.92. The second kappa shape index (κ2) is 5.01. The van der Waals surface area contributed by atoms with Crippen LogP contribution in [0, 0.1) is 0 Å². The molecule has 0 atom stereocenters. The monoisotopic (exact) mass is 233 g/mol. The predicted molar refractivity (Wildman–Crippen MR) is 64.7 cm³/mol. The molecule has 0 aliphatic heterocycles. The van der Waals surface area contributed by atoms with E-state index in [0.29, 0.717) is 13.0 Å². The molecular weight excluding hydrogens is 218 g/mol. The van der Waals surface area contributed by atoms with Crippen LogP contribution in [-0.4, -0.2) is 20.7 Å². The molecule has 0 fully saturated rings. The van der Waals surface area contributed by atoms with E-state index in [-0.39, 0.29) is 13.0 Å². The normalized spacial score (nSPS) is 10.9. The maximum atomic E-state index is 10.4. The van der Waals surface area contributed by atoms with Crippen molar-refractivity contribution in [1.29, 1.82) is 0 Å². The fraction of sp³-hybridized carbons (Fsp3) is 0.308. The average molecular weight is 233 g/mol. The number of rotatable bonds is 5. The SMILES string of the molecule is O=C(O)CCCn1ccc2ccc(CO)cc21. The zero-order valence-electron chi connectivity index (χ0n) is 9.47. The molecule has 1 aromatic heterocycles. The van der Waals surface area contributed by atoms with Crippen LogP contribution >= 0.6 is 0 Å². The van der Waals surface area contributed by atoms with Crippen LogP contribution in [0.1, 0.15) is 18.4 Å². The van der Waals surface area contributed by atoms with Crippen molar-refractivity contribution in [2.24, 2.45) is 0 Å². The highest BCUT2D eigenvalue weighted by molar-refractivity contribution is 5.80. The van der Waals surface area contributed by atoms with Gasteiger partial charge in [0.05, 0.1) is 6.61 Å². The first-order chi connectivity index (χ1) is 8.20. The third-order valence-electron chi connectivity index (χ3n) is 2.81. The van der Waals surface area contributed by atoms with Gasteiger partial charge in [-0.05, 0) is 29.5 Å². The number of carboxylic acids is 1. The number of carboxylic acid groups (broad SMARTS) is 1. The van der Waals surface area contributed by atoms with Crippen LogP contribution in [0.5, 0.6) is 0 Å². The molecule has 0 saturated heterocycles. The van der Waals surface area contributed by atoms with E-state index in [1.165, 1.54) is 0 Å². The summed E-state index contributed by atoms with van der Waals surface area (Å²) >= 11 is 0. The van der Waals surface area contributed by atoms with Crippen LogP contribution < -0.4 is 0 Å². The van der Waals surface area contributed by atoms with Gasteiger partial charge in [-0.25, -0.2) is 0 Å². The smallest absolute Gasteiger partial charge is 0.303 e. The lowest BCUT2D eigenvalue weighted by atomic mass is 10.2. The molecule has 0 unspecified atom stereocenters. The van der Waals surface area contributed by atoms with Crippen molar-refractivity contribution >= 4 is 16.9 Å². The summed E-state index contributed by atoms with van der Waals surface area (Å²) in [5.74, 6) is -0.766. The van der Waals surface area contributed by atoms with Gasteiger partial charge in [-0.1, -0.05) is 12.1 Å². The van der Waals surface area contributed by atoms with Gasteiger partial charge in [0, 0.05) is 24.7 Å². The minimum absolute atomic E-state index is 0.0241. The molecule has 0 aliphatic carbocycles. The van der Waals surface area contributed by atoms with E-state index >= 15 is 0 Å². The molecule has 2 aromatic rings. The van der Waals surface area contributed by atoms with Crippen LogP contribution in [0.2, 0.25) is 0 Å². The van der Waals surface area contributed by atoms with Gasteiger partial charge < -0.3 is 14.8 Å². The first-order valence-electron chi connectivity index (χ1n) is 5.61. The second-order valence-electron chi connectivity index (χ2n) is 4.06. The topological polar surface area (TPSA) is 62.5 Å². The van der Waals surface area contributed by atoms with E-state index in [9.17, 15) is 4.79 Å². The molecule has 0 saturated carbocycles. The molecule has 2 rings (SSSR count). The number of benzene rings is 1. The van der Waals surface area contributed by atoms with E-state index in [1.807, 2.05) is 35.0 Å². The number of hydrogen-bond acceptors (Lipinski definition) is 2. The molecule has 0 amide bonds. The quantitative estimate of drug-likeness (QED) is 0.830. The van der Waals surface area contributed by atoms with E-state index in [0.717, 1.165) is 16.5 Å². The van der Waals surface area contributed by atoms with Gasteiger partial charge >= 0.3 is 5.97 Å². The van der Waals surface area contributed by atoms with Crippen molar-refractivity contribution in [3.63, 3.8) is 0 Å². The molecule has 2 N–H and O–H groups in total. The zero-order chi connectivity index (χ0) is 12.3. The molecule has 1 aromatic carbocycles. The summed E-state index contributed by atoms with van der Waals surface area (Å²) in [6.07, 6.45) is 2.75. The number of aliphatic hydroxyl groups is 1. The highest BCUT2D eigenvalue weighted by Gasteiger charge is 2.03. The number of hydrogen-bond donors (Lipinski definition) is 2. The highest BCUT2D eigenvalue weighted by atomic mass is 16.4. The number of aliphatic carboxylic acids is 1. The molecule has 0 bridgehead atoms. The lowest BCUT2D eigenvalue weighted by Crippen LogP contribution is -2.01. The maximum Gasteiger partial charge on any atom is 0.303 e. The van der Waals surface area contributed by atoms with Gasteiger partial charge in [-0.3, -0.25) is 4.79 Å². The molecule has 0 radical (unpaired) electrons. The minimum atomic E-state index is -0.766. The summed E-state index contributed by atoms with van der Waals surface area (Å²) in [4.78, 5) is 10.4. The molecule has 0 aliphatic rings. The van der Waals surface area contributed by atoms with Crippen molar-refractivity contribution in [3.8, 4) is 0 Å². The molecule has 4 nitrogen and oxygen atoms in total. The summed E-state index contributed by atoms with van der Waals surface area (Å²) in [6.45, 7) is 0.709. The Morgan fingerprint density at radius 3 is 2.82 bits per heavy atom. The number of nitrogens with zero attached hydrogens (tertiary/aromatic N) is 1. The number of carbonyl (C=O) groups is 1. The fourth-order valence-corrected chi connectivity index (χ4v) is 1.92. The first kappa shape index (κ1) is 11.7. The van der Waals surface area contributed by atoms with Gasteiger partial charge in [0.1, 0.15) is 0 Å². The van der Waals surface area contributed by atoms with Gasteiger partial charge in [-0.15, -0.1) is 0 Å². The number of aliphatic hydroxyl groups excluding tert-OH is 1. The average Bonchev–Trinajstić information content (AvgIpc) is 2.71. The summed E-state index contributed by atoms with van der Waals surface area (Å²) in [5.41, 5.74) is 1.91. The standard InChI is InChI=1S/C13H15NO3/c15-9-10-3-4-11-5-7-14(12(11)8-10)6-1-2-13(16)17/h3-5,7-8,15H,1-2,6,9H2,(H,16,17). The second-order valence-corrected chi connectivity index (χ2v) is 4.06. The Balaban J connectivity index is 2.19. The highest BCUT2D eigenvalue weighted by Crippen LogP contribution is 2.18. The number of aryl methyl sites for hydroxylation is 1. The number of aromatic nitrogens is 1. The lowest BCUT2D eigenvalue weighted by Gasteiger charge is -2.05. The van der Waals surface area contributed by atoms with Crippen LogP contribution in [0.3, 0.4) is 0 Å². The molecule has 4 heteroatoms. The van der Waals surface area contributed by atoms with E-state index in [1.54, 1.807) is 0 Å². The largest absolute Gasteiger partial charge is 0.481 e. The van der Waals surface area contributed by atoms with Crippen LogP contribution in [-0.2, 0) is 17.9 Å².